The second-order valence-electron chi connectivity index (χ2n) is 3.92. The van der Waals surface area contributed by atoms with Gasteiger partial charge >= 0.3 is 11.9 Å². The highest BCUT2D eigenvalue weighted by atomic mass is 16.6. The summed E-state index contributed by atoms with van der Waals surface area (Å²) in [7, 11) is 1.37. The lowest BCUT2D eigenvalue weighted by atomic mass is 10.1. The lowest BCUT2D eigenvalue weighted by Crippen LogP contribution is -2.21. The van der Waals surface area contributed by atoms with Gasteiger partial charge in [0.1, 0.15) is 12.2 Å². The van der Waals surface area contributed by atoms with E-state index in [1.165, 1.54) is 14.0 Å². The Labute approximate surface area is 101 Å². The lowest BCUT2D eigenvalue weighted by Gasteiger charge is -2.09. The van der Waals surface area contributed by atoms with E-state index in [-0.39, 0.29) is 24.1 Å². The fourth-order valence-corrected chi connectivity index (χ4v) is 1.67. The number of epoxide rings is 1. The molecule has 0 radical (unpaired) electrons. The molecule has 0 saturated carbocycles. The SMILES string of the molecule is C=CC(OC(C)=O)C1OC1CCCC(=O)OC. The minimum absolute atomic E-state index is 0.0435. The maximum absolute atomic E-state index is 10.9. The van der Waals surface area contributed by atoms with E-state index in [0.717, 1.165) is 6.42 Å². The Kier molecular flexibility index (Phi) is 5.15. The van der Waals surface area contributed by atoms with Gasteiger partial charge in [-0.25, -0.2) is 0 Å². The van der Waals surface area contributed by atoms with Crippen molar-refractivity contribution in [3.63, 3.8) is 0 Å². The summed E-state index contributed by atoms with van der Waals surface area (Å²) in [5, 5.41) is 0. The monoisotopic (exact) mass is 242 g/mol. The largest absolute Gasteiger partial charge is 0.469 e. The smallest absolute Gasteiger partial charge is 0.305 e. The molecular formula is C12H18O5. The standard InChI is InChI=1S/C12H18O5/c1-4-9(16-8(2)13)12-10(17-12)6-5-7-11(14)15-3/h4,9-10,12H,1,5-7H2,2-3H3. The lowest BCUT2D eigenvalue weighted by molar-refractivity contribution is -0.145. The van der Waals surface area contributed by atoms with Gasteiger partial charge < -0.3 is 14.2 Å². The third-order valence-corrected chi connectivity index (χ3v) is 2.58. The first-order chi connectivity index (χ1) is 8.08. The second-order valence-corrected chi connectivity index (χ2v) is 3.92. The molecule has 0 amide bonds. The number of ether oxygens (including phenoxy) is 3. The van der Waals surface area contributed by atoms with Crippen molar-refractivity contribution >= 4 is 11.9 Å². The quantitative estimate of drug-likeness (QED) is 0.381. The van der Waals surface area contributed by atoms with Gasteiger partial charge in [0.25, 0.3) is 0 Å². The molecule has 1 aliphatic rings. The molecule has 0 aromatic heterocycles. The third kappa shape index (κ3) is 4.56. The second kappa shape index (κ2) is 6.39. The maximum atomic E-state index is 10.9. The van der Waals surface area contributed by atoms with Gasteiger partial charge in [-0.15, -0.1) is 0 Å². The van der Waals surface area contributed by atoms with Crippen LogP contribution >= 0.6 is 0 Å². The van der Waals surface area contributed by atoms with Crippen LogP contribution in [0.25, 0.3) is 0 Å². The molecule has 3 atom stereocenters. The fraction of sp³-hybridized carbons (Fsp3) is 0.667. The molecule has 1 fully saturated rings. The Morgan fingerprint density at radius 2 is 2.24 bits per heavy atom. The molecule has 1 aliphatic heterocycles. The number of rotatable bonds is 7. The summed E-state index contributed by atoms with van der Waals surface area (Å²) in [6.45, 7) is 4.95. The van der Waals surface area contributed by atoms with Crippen LogP contribution in [0.3, 0.4) is 0 Å². The van der Waals surface area contributed by atoms with E-state index >= 15 is 0 Å². The predicted molar refractivity (Wildman–Crippen MR) is 60.3 cm³/mol. The fourth-order valence-electron chi connectivity index (χ4n) is 1.67. The van der Waals surface area contributed by atoms with Crippen LogP contribution in [0.4, 0.5) is 0 Å². The van der Waals surface area contributed by atoms with Crippen molar-refractivity contribution < 1.29 is 23.8 Å². The number of carbonyl (C=O) groups excluding carboxylic acids is 2. The van der Waals surface area contributed by atoms with Crippen molar-refractivity contribution in [1.29, 1.82) is 0 Å². The Morgan fingerprint density at radius 1 is 1.53 bits per heavy atom. The number of carbonyl (C=O) groups is 2. The van der Waals surface area contributed by atoms with Gasteiger partial charge in [0, 0.05) is 13.3 Å². The van der Waals surface area contributed by atoms with Gasteiger partial charge in [-0.3, -0.25) is 9.59 Å². The first-order valence-corrected chi connectivity index (χ1v) is 5.60. The minimum Gasteiger partial charge on any atom is -0.469 e. The first-order valence-electron chi connectivity index (χ1n) is 5.60. The normalized spacial score (nSPS) is 23.6. The number of hydrogen-bond acceptors (Lipinski definition) is 5. The molecule has 0 aliphatic carbocycles. The van der Waals surface area contributed by atoms with Crippen LogP contribution in [0.15, 0.2) is 12.7 Å². The number of hydrogen-bond donors (Lipinski definition) is 0. The van der Waals surface area contributed by atoms with E-state index in [2.05, 4.69) is 11.3 Å². The van der Waals surface area contributed by atoms with Crippen molar-refractivity contribution in [2.45, 2.75) is 44.5 Å². The molecule has 5 heteroatoms. The summed E-state index contributed by atoms with van der Waals surface area (Å²) in [6.07, 6.45) is 2.94. The van der Waals surface area contributed by atoms with Crippen molar-refractivity contribution in [3.05, 3.63) is 12.7 Å². The highest BCUT2D eigenvalue weighted by Crippen LogP contribution is 2.31. The molecule has 3 unspecified atom stereocenters. The Morgan fingerprint density at radius 3 is 2.76 bits per heavy atom. The van der Waals surface area contributed by atoms with Gasteiger partial charge in [0.2, 0.25) is 0 Å². The topological polar surface area (TPSA) is 65.1 Å². The van der Waals surface area contributed by atoms with Crippen LogP contribution in [0.1, 0.15) is 26.2 Å². The van der Waals surface area contributed by atoms with E-state index in [0.29, 0.717) is 12.8 Å². The zero-order chi connectivity index (χ0) is 12.8. The zero-order valence-electron chi connectivity index (χ0n) is 10.2. The minimum atomic E-state index is -0.393. The average Bonchev–Trinajstić information content (AvgIpc) is 3.04. The van der Waals surface area contributed by atoms with Crippen LogP contribution < -0.4 is 0 Å². The van der Waals surface area contributed by atoms with Gasteiger partial charge in [-0.2, -0.15) is 0 Å². The predicted octanol–water partition coefficient (Wildman–Crippen LogP) is 1.21. The molecule has 0 N–H and O–H groups in total. The Balaban J connectivity index is 2.21. The molecule has 17 heavy (non-hydrogen) atoms. The summed E-state index contributed by atoms with van der Waals surface area (Å²) in [4.78, 5) is 21.7. The molecule has 1 heterocycles. The Hall–Kier alpha value is -1.36. The zero-order valence-corrected chi connectivity index (χ0v) is 10.2. The van der Waals surface area contributed by atoms with Crippen LogP contribution in [0, 0.1) is 0 Å². The van der Waals surface area contributed by atoms with E-state index < -0.39 is 6.10 Å². The highest BCUT2D eigenvalue weighted by molar-refractivity contribution is 5.69. The van der Waals surface area contributed by atoms with Crippen molar-refractivity contribution in [3.8, 4) is 0 Å². The molecule has 5 nitrogen and oxygen atoms in total. The van der Waals surface area contributed by atoms with E-state index in [4.69, 9.17) is 9.47 Å². The van der Waals surface area contributed by atoms with Gasteiger partial charge in [0.05, 0.1) is 13.2 Å². The third-order valence-electron chi connectivity index (χ3n) is 2.58. The molecule has 0 bridgehead atoms. The first kappa shape index (κ1) is 13.7. The summed E-state index contributed by atoms with van der Waals surface area (Å²) >= 11 is 0. The van der Waals surface area contributed by atoms with Crippen LogP contribution in [0.5, 0.6) is 0 Å². The van der Waals surface area contributed by atoms with Gasteiger partial charge in [0.15, 0.2) is 0 Å². The molecule has 96 valence electrons. The van der Waals surface area contributed by atoms with Crippen molar-refractivity contribution in [2.75, 3.05) is 7.11 Å². The van der Waals surface area contributed by atoms with Crippen LogP contribution in [0.2, 0.25) is 0 Å². The molecule has 1 saturated heterocycles. The molecule has 0 aromatic rings. The van der Waals surface area contributed by atoms with Crippen LogP contribution in [-0.2, 0) is 23.8 Å². The van der Waals surface area contributed by atoms with Crippen LogP contribution in [-0.4, -0.2) is 37.4 Å². The summed E-state index contributed by atoms with van der Waals surface area (Å²) in [5.74, 6) is -0.568. The van der Waals surface area contributed by atoms with Crippen molar-refractivity contribution in [2.24, 2.45) is 0 Å². The van der Waals surface area contributed by atoms with Crippen molar-refractivity contribution in [1.82, 2.24) is 0 Å². The molecular weight excluding hydrogens is 224 g/mol. The summed E-state index contributed by atoms with van der Waals surface area (Å²) in [5.41, 5.74) is 0. The van der Waals surface area contributed by atoms with E-state index in [1.54, 1.807) is 6.08 Å². The van der Waals surface area contributed by atoms with E-state index in [1.807, 2.05) is 0 Å². The molecule has 0 spiro atoms. The number of methoxy groups -OCH3 is 1. The summed E-state index contributed by atoms with van der Waals surface area (Å²) in [6, 6.07) is 0. The average molecular weight is 242 g/mol. The van der Waals surface area contributed by atoms with Gasteiger partial charge in [-0.1, -0.05) is 6.58 Å². The molecule has 1 rings (SSSR count). The number of esters is 2. The highest BCUT2D eigenvalue weighted by Gasteiger charge is 2.44. The molecule has 0 aromatic carbocycles. The van der Waals surface area contributed by atoms with Gasteiger partial charge in [-0.05, 0) is 18.9 Å². The van der Waals surface area contributed by atoms with E-state index in [9.17, 15) is 9.59 Å². The summed E-state index contributed by atoms with van der Waals surface area (Å²) < 4.78 is 14.9. The Bertz CT molecular complexity index is 299. The maximum Gasteiger partial charge on any atom is 0.305 e.